The Labute approximate surface area is 64.1 Å². The summed E-state index contributed by atoms with van der Waals surface area (Å²) >= 11 is 6.94. The van der Waals surface area contributed by atoms with E-state index in [1.54, 1.807) is 0 Å². The topological polar surface area (TPSA) is 25.8 Å². The van der Waals surface area contributed by atoms with Gasteiger partial charge in [-0.15, -0.1) is 0 Å². The summed E-state index contributed by atoms with van der Waals surface area (Å²) in [5.41, 5.74) is 0. The van der Waals surface area contributed by atoms with Crippen LogP contribution in [0.4, 0.5) is 0 Å². The average Bonchev–Trinajstić information content (AvgIpc) is 1.95. The van der Waals surface area contributed by atoms with Gasteiger partial charge in [-0.1, -0.05) is 23.4 Å². The lowest BCUT2D eigenvalue weighted by Crippen LogP contribution is -1.82. The van der Waals surface area contributed by atoms with Crippen LogP contribution in [0.5, 0.6) is 0 Å². The van der Waals surface area contributed by atoms with Crippen molar-refractivity contribution < 1.29 is 1.37 Å². The van der Waals surface area contributed by atoms with E-state index in [1.165, 1.54) is 18.0 Å². The van der Waals surface area contributed by atoms with E-state index in [0.717, 1.165) is 0 Å². The Hall–Kier alpha value is -0.280. The molecular formula is C5H5ClN2S. The van der Waals surface area contributed by atoms with Crippen LogP contribution in [0.3, 0.4) is 0 Å². The van der Waals surface area contributed by atoms with Crippen molar-refractivity contribution in [3.63, 3.8) is 0 Å². The second kappa shape index (κ2) is 3.03. The summed E-state index contributed by atoms with van der Waals surface area (Å²) in [7, 11) is 0. The van der Waals surface area contributed by atoms with Crippen LogP contribution in [0, 0.1) is 0 Å². The zero-order valence-electron chi connectivity index (χ0n) is 5.76. The molecule has 1 aromatic rings. The van der Waals surface area contributed by atoms with Crippen molar-refractivity contribution in [2.75, 3.05) is 6.26 Å². The minimum absolute atomic E-state index is 0.166. The predicted molar refractivity (Wildman–Crippen MR) is 38.8 cm³/mol. The normalized spacial score (nSPS) is 11.1. The molecule has 4 heteroatoms. The molecule has 0 atom stereocenters. The summed E-state index contributed by atoms with van der Waals surface area (Å²) in [5, 5.41) is 0.806. The molecular weight excluding hydrogens is 156 g/mol. The van der Waals surface area contributed by atoms with Crippen molar-refractivity contribution in [1.82, 2.24) is 9.97 Å². The molecule has 1 aromatic heterocycles. The summed E-state index contributed by atoms with van der Waals surface area (Å²) in [6.07, 6.45) is 3.25. The first-order valence-electron chi connectivity index (χ1n) is 2.77. The number of rotatable bonds is 1. The van der Waals surface area contributed by atoms with Crippen LogP contribution >= 0.6 is 23.4 Å². The van der Waals surface area contributed by atoms with Crippen LogP contribution in [-0.4, -0.2) is 16.2 Å². The molecule has 0 amide bonds. The van der Waals surface area contributed by atoms with Crippen molar-refractivity contribution in [3.05, 3.63) is 17.4 Å². The molecule has 0 saturated heterocycles. The third-order valence-electron chi connectivity index (χ3n) is 0.735. The van der Waals surface area contributed by atoms with Gasteiger partial charge in [-0.25, -0.2) is 9.97 Å². The highest BCUT2D eigenvalue weighted by Gasteiger charge is 1.91. The van der Waals surface area contributed by atoms with Crippen molar-refractivity contribution in [3.8, 4) is 0 Å². The molecule has 0 radical (unpaired) electrons. The smallest absolute Gasteiger partial charge is 0.188 e. The molecule has 0 aliphatic heterocycles. The first-order chi connectivity index (χ1) is 4.74. The fourth-order valence-corrected chi connectivity index (χ4v) is 0.904. The highest BCUT2D eigenvalue weighted by Crippen LogP contribution is 2.09. The molecule has 0 aromatic carbocycles. The number of nitrogens with zero attached hydrogens (tertiary/aromatic N) is 2. The maximum Gasteiger partial charge on any atom is 0.188 e. The lowest BCUT2D eigenvalue weighted by atomic mass is 10.7. The predicted octanol–water partition coefficient (Wildman–Crippen LogP) is 1.85. The van der Waals surface area contributed by atoms with E-state index in [9.17, 15) is 0 Å². The molecule has 0 N–H and O–H groups in total. The van der Waals surface area contributed by atoms with Crippen LogP contribution in [0.1, 0.15) is 1.37 Å². The quantitative estimate of drug-likeness (QED) is 0.357. The van der Waals surface area contributed by atoms with Gasteiger partial charge in [0.05, 0.1) is 1.37 Å². The van der Waals surface area contributed by atoms with E-state index in [0.29, 0.717) is 5.16 Å². The summed E-state index contributed by atoms with van der Waals surface area (Å²) in [6, 6.07) is 0.166. The summed E-state index contributed by atoms with van der Waals surface area (Å²) in [5.74, 6) is 0. The van der Waals surface area contributed by atoms with E-state index in [2.05, 4.69) is 9.97 Å². The Bertz CT molecular complexity index is 243. The zero-order chi connectivity index (χ0) is 7.56. The highest BCUT2D eigenvalue weighted by molar-refractivity contribution is 7.98. The van der Waals surface area contributed by atoms with Gasteiger partial charge < -0.3 is 0 Å². The molecule has 0 unspecified atom stereocenters. The molecule has 0 saturated carbocycles. The number of thioether (sulfide) groups is 1. The van der Waals surface area contributed by atoms with Crippen LogP contribution in [0.15, 0.2) is 17.4 Å². The minimum atomic E-state index is 0.166. The zero-order valence-corrected chi connectivity index (χ0v) is 6.33. The molecule has 1 rings (SSSR count). The van der Waals surface area contributed by atoms with E-state index >= 15 is 0 Å². The van der Waals surface area contributed by atoms with Crippen molar-refractivity contribution in [2.45, 2.75) is 5.16 Å². The molecule has 9 heavy (non-hydrogen) atoms. The van der Waals surface area contributed by atoms with Gasteiger partial charge in [0.25, 0.3) is 0 Å². The van der Waals surface area contributed by atoms with Gasteiger partial charge in [0.1, 0.15) is 5.15 Å². The monoisotopic (exact) mass is 161 g/mol. The van der Waals surface area contributed by atoms with Crippen LogP contribution in [0.2, 0.25) is 5.15 Å². The Morgan fingerprint density at radius 3 is 3.22 bits per heavy atom. The maximum absolute atomic E-state index is 7.13. The third-order valence-corrected chi connectivity index (χ3v) is 1.49. The molecule has 0 fully saturated rings. The van der Waals surface area contributed by atoms with E-state index in [4.69, 9.17) is 13.0 Å². The Morgan fingerprint density at radius 1 is 1.89 bits per heavy atom. The van der Waals surface area contributed by atoms with Gasteiger partial charge in [0.2, 0.25) is 0 Å². The van der Waals surface area contributed by atoms with Crippen molar-refractivity contribution >= 4 is 23.4 Å². The Morgan fingerprint density at radius 2 is 2.67 bits per heavy atom. The maximum atomic E-state index is 7.13. The standard InChI is InChI=1S/C5H5ClN2S/c1-9-5-7-3-2-4(6)8-5/h2-3H,1H3/i2D. The first kappa shape index (κ1) is 5.50. The van der Waals surface area contributed by atoms with Gasteiger partial charge in [0.15, 0.2) is 5.16 Å². The van der Waals surface area contributed by atoms with Crippen LogP contribution < -0.4 is 0 Å². The van der Waals surface area contributed by atoms with Gasteiger partial charge in [0, 0.05) is 6.20 Å². The van der Waals surface area contributed by atoms with Gasteiger partial charge >= 0.3 is 0 Å². The van der Waals surface area contributed by atoms with Crippen LogP contribution in [0.25, 0.3) is 0 Å². The summed E-state index contributed by atoms with van der Waals surface area (Å²) in [6.45, 7) is 0. The van der Waals surface area contributed by atoms with E-state index in [-0.39, 0.29) is 11.2 Å². The Kier molecular flexibility index (Phi) is 1.85. The second-order valence-corrected chi connectivity index (χ2v) is 2.42. The molecule has 48 valence electrons. The van der Waals surface area contributed by atoms with Gasteiger partial charge in [-0.3, -0.25) is 0 Å². The average molecular weight is 162 g/mol. The fourth-order valence-electron chi connectivity index (χ4n) is 0.384. The third kappa shape index (κ3) is 1.84. The molecule has 0 spiro atoms. The molecule has 0 aliphatic carbocycles. The fraction of sp³-hybridized carbons (Fsp3) is 0.200. The van der Waals surface area contributed by atoms with Gasteiger partial charge in [-0.05, 0) is 12.3 Å². The first-order valence-corrected chi connectivity index (χ1v) is 3.87. The largest absolute Gasteiger partial charge is 0.231 e. The summed E-state index contributed by atoms with van der Waals surface area (Å²) < 4.78 is 7.13. The van der Waals surface area contributed by atoms with Crippen molar-refractivity contribution in [2.24, 2.45) is 0 Å². The highest BCUT2D eigenvalue weighted by atomic mass is 35.5. The molecule has 0 bridgehead atoms. The van der Waals surface area contributed by atoms with Crippen molar-refractivity contribution in [1.29, 1.82) is 0 Å². The molecule has 0 aliphatic rings. The summed E-state index contributed by atoms with van der Waals surface area (Å²) in [4.78, 5) is 7.66. The number of hydrogen-bond acceptors (Lipinski definition) is 3. The minimum Gasteiger partial charge on any atom is -0.231 e. The Balaban J connectivity index is 3.04. The number of hydrogen-bond donors (Lipinski definition) is 0. The lowest BCUT2D eigenvalue weighted by Gasteiger charge is -1.91. The second-order valence-electron chi connectivity index (χ2n) is 1.29. The van der Waals surface area contributed by atoms with E-state index < -0.39 is 0 Å². The molecule has 2 nitrogen and oxygen atoms in total. The van der Waals surface area contributed by atoms with E-state index in [1.807, 2.05) is 6.26 Å². The molecule has 1 heterocycles. The lowest BCUT2D eigenvalue weighted by molar-refractivity contribution is 0.971. The number of halogens is 1. The van der Waals surface area contributed by atoms with Gasteiger partial charge in [-0.2, -0.15) is 0 Å². The number of aromatic nitrogens is 2. The van der Waals surface area contributed by atoms with Crippen LogP contribution in [-0.2, 0) is 0 Å². The SMILES string of the molecule is [2H]c1cnc(SC)nc1Cl.